The summed E-state index contributed by atoms with van der Waals surface area (Å²) < 4.78 is 0. The van der Waals surface area contributed by atoms with Crippen LogP contribution in [-0.4, -0.2) is 28.6 Å². The number of aryl methyl sites for hydroxylation is 1. The van der Waals surface area contributed by atoms with Crippen LogP contribution in [0.25, 0.3) is 0 Å². The van der Waals surface area contributed by atoms with Crippen molar-refractivity contribution in [2.75, 3.05) is 6.54 Å². The number of nitrogens with zero attached hydrogens (tertiary/aromatic N) is 2. The van der Waals surface area contributed by atoms with Gasteiger partial charge in [0.1, 0.15) is 4.88 Å². The van der Waals surface area contributed by atoms with Crippen molar-refractivity contribution >= 4 is 23.5 Å². The number of aromatic nitrogens is 1. The second-order valence-corrected chi connectivity index (χ2v) is 4.76. The highest BCUT2D eigenvalue weighted by atomic mass is 32.1. The van der Waals surface area contributed by atoms with Crippen LogP contribution in [-0.2, 0) is 12.8 Å². The van der Waals surface area contributed by atoms with Crippen LogP contribution < -0.4 is 5.73 Å². The summed E-state index contributed by atoms with van der Waals surface area (Å²) in [5.74, 6) is -0.0938. The van der Waals surface area contributed by atoms with Crippen LogP contribution in [0, 0.1) is 5.41 Å². The molecule has 1 amide bonds. The summed E-state index contributed by atoms with van der Waals surface area (Å²) in [4.78, 5) is 18.9. The molecule has 0 aromatic carbocycles. The number of thiazole rings is 1. The van der Waals surface area contributed by atoms with E-state index >= 15 is 0 Å². The van der Waals surface area contributed by atoms with Gasteiger partial charge in [-0.25, -0.2) is 4.98 Å². The molecule has 0 spiro atoms. The summed E-state index contributed by atoms with van der Waals surface area (Å²) in [5, 5.41) is 8.22. The molecule has 0 radical (unpaired) electrons. The average Bonchev–Trinajstić information content (AvgIpc) is 2.77. The van der Waals surface area contributed by atoms with E-state index in [4.69, 9.17) is 11.1 Å². The standard InChI is InChI=1S/C11H14N4OS/c1-2-9-14-8-3-4-15(7(5-12)6-13)11(16)10(8)17-9/h5-6,12H,2-4,13H2,1H3/b7-6+,12-5?. The third-order valence-corrected chi connectivity index (χ3v) is 3.92. The van der Waals surface area contributed by atoms with Gasteiger partial charge in [0.05, 0.1) is 16.4 Å². The van der Waals surface area contributed by atoms with Crippen LogP contribution in [0.15, 0.2) is 11.9 Å². The Labute approximate surface area is 103 Å². The third kappa shape index (κ3) is 1.95. The highest BCUT2D eigenvalue weighted by Crippen LogP contribution is 2.26. The van der Waals surface area contributed by atoms with Crippen molar-refractivity contribution in [3.63, 3.8) is 0 Å². The Kier molecular flexibility index (Phi) is 3.23. The van der Waals surface area contributed by atoms with Crippen molar-refractivity contribution in [2.24, 2.45) is 5.73 Å². The molecule has 17 heavy (non-hydrogen) atoms. The van der Waals surface area contributed by atoms with E-state index in [9.17, 15) is 4.79 Å². The molecule has 0 saturated carbocycles. The van der Waals surface area contributed by atoms with Crippen molar-refractivity contribution in [3.8, 4) is 0 Å². The molecular formula is C11H14N4OS. The van der Waals surface area contributed by atoms with Crippen LogP contribution in [0.3, 0.4) is 0 Å². The molecule has 5 nitrogen and oxygen atoms in total. The Balaban J connectivity index is 2.35. The topological polar surface area (TPSA) is 83.1 Å². The van der Waals surface area contributed by atoms with Crippen molar-refractivity contribution in [1.29, 1.82) is 5.41 Å². The lowest BCUT2D eigenvalue weighted by molar-refractivity contribution is 0.0805. The Morgan fingerprint density at radius 1 is 1.71 bits per heavy atom. The number of carbonyl (C=O) groups excluding carboxylic acids is 1. The van der Waals surface area contributed by atoms with Crippen LogP contribution in [0.1, 0.15) is 27.3 Å². The second-order valence-electron chi connectivity index (χ2n) is 3.68. The van der Waals surface area contributed by atoms with E-state index in [1.165, 1.54) is 22.4 Å². The number of hydrogen-bond acceptors (Lipinski definition) is 5. The van der Waals surface area contributed by atoms with E-state index in [0.29, 0.717) is 17.1 Å². The monoisotopic (exact) mass is 250 g/mol. The largest absolute Gasteiger partial charge is 0.403 e. The molecule has 1 aromatic rings. The van der Waals surface area contributed by atoms with Gasteiger partial charge in [0.2, 0.25) is 0 Å². The van der Waals surface area contributed by atoms with Crippen LogP contribution >= 0.6 is 11.3 Å². The van der Waals surface area contributed by atoms with E-state index < -0.39 is 0 Å². The molecule has 2 heterocycles. The highest BCUT2D eigenvalue weighted by Gasteiger charge is 2.29. The van der Waals surface area contributed by atoms with Gasteiger partial charge < -0.3 is 16.0 Å². The SMILES string of the molecule is CCc1nc2c(s1)C(=O)N(/C(C=N)=C/N)CC2. The molecule has 0 fully saturated rings. The Hall–Kier alpha value is -1.69. The number of nitrogens with one attached hydrogen (secondary N) is 1. The summed E-state index contributed by atoms with van der Waals surface area (Å²) >= 11 is 1.44. The lowest BCUT2D eigenvalue weighted by Crippen LogP contribution is -2.37. The van der Waals surface area contributed by atoms with Crippen LogP contribution in [0.4, 0.5) is 0 Å². The maximum Gasteiger partial charge on any atom is 0.270 e. The van der Waals surface area contributed by atoms with Gasteiger partial charge in [-0.15, -0.1) is 11.3 Å². The number of fused-ring (bicyclic) bond motifs is 1. The first-order valence-corrected chi connectivity index (χ1v) is 6.25. The summed E-state index contributed by atoms with van der Waals surface area (Å²) in [7, 11) is 0. The predicted molar refractivity (Wildman–Crippen MR) is 67.3 cm³/mol. The maximum atomic E-state index is 12.2. The minimum atomic E-state index is -0.0938. The molecule has 0 atom stereocenters. The first kappa shape index (κ1) is 11.8. The van der Waals surface area contributed by atoms with Crippen LogP contribution in [0.5, 0.6) is 0 Å². The molecule has 1 aliphatic heterocycles. The van der Waals surface area contributed by atoms with Gasteiger partial charge in [-0.2, -0.15) is 0 Å². The molecule has 1 aliphatic rings. The Morgan fingerprint density at radius 3 is 3.06 bits per heavy atom. The number of nitrogens with two attached hydrogens (primary N) is 1. The predicted octanol–water partition coefficient (Wildman–Crippen LogP) is 1.15. The zero-order valence-corrected chi connectivity index (χ0v) is 10.4. The first-order valence-electron chi connectivity index (χ1n) is 5.44. The minimum absolute atomic E-state index is 0.0938. The van der Waals surface area contributed by atoms with Crippen molar-refractivity contribution in [2.45, 2.75) is 19.8 Å². The van der Waals surface area contributed by atoms with Crippen molar-refractivity contribution in [1.82, 2.24) is 9.88 Å². The van der Waals surface area contributed by atoms with Gasteiger partial charge in [0.25, 0.3) is 5.91 Å². The molecule has 0 saturated heterocycles. The maximum absolute atomic E-state index is 12.2. The molecule has 0 aliphatic carbocycles. The Morgan fingerprint density at radius 2 is 2.47 bits per heavy atom. The van der Waals surface area contributed by atoms with E-state index in [1.807, 2.05) is 6.92 Å². The van der Waals surface area contributed by atoms with E-state index in [-0.39, 0.29) is 5.91 Å². The molecule has 2 rings (SSSR count). The van der Waals surface area contributed by atoms with Crippen molar-refractivity contribution in [3.05, 3.63) is 27.5 Å². The zero-order valence-electron chi connectivity index (χ0n) is 9.56. The smallest absolute Gasteiger partial charge is 0.270 e. The van der Waals surface area contributed by atoms with E-state index in [0.717, 1.165) is 29.8 Å². The first-order chi connectivity index (χ1) is 8.21. The van der Waals surface area contributed by atoms with Gasteiger partial charge in [-0.3, -0.25) is 4.79 Å². The van der Waals surface area contributed by atoms with Crippen LogP contribution in [0.2, 0.25) is 0 Å². The van der Waals surface area contributed by atoms with Gasteiger partial charge in [-0.05, 0) is 6.42 Å². The fourth-order valence-corrected chi connectivity index (χ4v) is 2.79. The summed E-state index contributed by atoms with van der Waals surface area (Å²) in [5.41, 5.74) is 6.73. The summed E-state index contributed by atoms with van der Waals surface area (Å²) in [6.07, 6.45) is 3.96. The van der Waals surface area contributed by atoms with Gasteiger partial charge >= 0.3 is 0 Å². The fraction of sp³-hybridized carbons (Fsp3) is 0.364. The molecule has 6 heteroatoms. The van der Waals surface area contributed by atoms with Gasteiger partial charge in [0, 0.05) is 25.4 Å². The second kappa shape index (κ2) is 4.67. The number of allylic oxidation sites excluding steroid dienone is 1. The third-order valence-electron chi connectivity index (χ3n) is 2.69. The highest BCUT2D eigenvalue weighted by molar-refractivity contribution is 7.13. The minimum Gasteiger partial charge on any atom is -0.403 e. The molecule has 0 bridgehead atoms. The number of hydrogen-bond donors (Lipinski definition) is 2. The normalized spacial score (nSPS) is 15.9. The number of rotatable bonds is 3. The summed E-state index contributed by atoms with van der Waals surface area (Å²) in [6, 6.07) is 0. The lowest BCUT2D eigenvalue weighted by atomic mass is 10.1. The quantitative estimate of drug-likeness (QED) is 0.789. The molecule has 0 unspecified atom stereocenters. The number of carbonyl (C=O) groups is 1. The summed E-state index contributed by atoms with van der Waals surface area (Å²) in [6.45, 7) is 2.56. The average molecular weight is 250 g/mol. The molecule has 3 N–H and O–H groups in total. The molecule has 1 aromatic heterocycles. The van der Waals surface area contributed by atoms with Gasteiger partial charge in [0.15, 0.2) is 0 Å². The zero-order chi connectivity index (χ0) is 12.4. The molecule has 90 valence electrons. The molecular weight excluding hydrogens is 236 g/mol. The number of amides is 1. The lowest BCUT2D eigenvalue weighted by Gasteiger charge is -2.25. The fourth-order valence-electron chi connectivity index (χ4n) is 1.79. The van der Waals surface area contributed by atoms with E-state index in [1.54, 1.807) is 0 Å². The Bertz CT molecular complexity index is 492. The van der Waals surface area contributed by atoms with Gasteiger partial charge in [-0.1, -0.05) is 6.92 Å². The van der Waals surface area contributed by atoms with E-state index in [2.05, 4.69) is 4.98 Å². The van der Waals surface area contributed by atoms with Crippen molar-refractivity contribution < 1.29 is 4.79 Å².